The lowest BCUT2D eigenvalue weighted by atomic mass is 10.2. The molecule has 0 saturated carbocycles. The second kappa shape index (κ2) is 8.41. The van der Waals surface area contributed by atoms with Crippen molar-refractivity contribution in [2.75, 3.05) is 5.73 Å². The van der Waals surface area contributed by atoms with E-state index in [0.717, 1.165) is 33.3 Å². The van der Waals surface area contributed by atoms with Gasteiger partial charge < -0.3 is 5.73 Å². The van der Waals surface area contributed by atoms with Crippen molar-refractivity contribution in [2.24, 2.45) is 0 Å². The third-order valence-electron chi connectivity index (χ3n) is 5.06. The molecule has 4 heterocycles. The number of benzene rings is 1. The molecule has 4 aromatic heterocycles. The van der Waals surface area contributed by atoms with E-state index in [1.807, 2.05) is 18.2 Å². The normalized spacial score (nSPS) is 11.4. The highest BCUT2D eigenvalue weighted by atomic mass is 32.2. The molecular weight excluding hydrogens is 444 g/mol. The first-order chi connectivity index (χ1) is 15.1. The molecule has 0 saturated heterocycles. The average molecular weight is 465 g/mol. The van der Waals surface area contributed by atoms with Gasteiger partial charge in [-0.2, -0.15) is 0 Å². The minimum atomic E-state index is 0.547. The number of thiophene rings is 2. The summed E-state index contributed by atoms with van der Waals surface area (Å²) in [6.45, 7) is 4.16. The van der Waals surface area contributed by atoms with Gasteiger partial charge in [-0.05, 0) is 43.0 Å². The molecule has 9 heteroatoms. The molecule has 0 aliphatic rings. The maximum atomic E-state index is 6.26. The van der Waals surface area contributed by atoms with Gasteiger partial charge in [0.15, 0.2) is 5.16 Å². The number of hydrogen-bond donors (Lipinski definition) is 1. The summed E-state index contributed by atoms with van der Waals surface area (Å²) in [6, 6.07) is 14.4. The van der Waals surface area contributed by atoms with E-state index in [1.165, 1.54) is 15.3 Å². The van der Waals surface area contributed by atoms with E-state index in [2.05, 4.69) is 63.2 Å². The fourth-order valence-electron chi connectivity index (χ4n) is 3.43. The summed E-state index contributed by atoms with van der Waals surface area (Å²) in [4.78, 5) is 12.7. The van der Waals surface area contributed by atoms with Crippen LogP contribution in [0.15, 0.2) is 53.0 Å². The topological polar surface area (TPSA) is 82.5 Å². The van der Waals surface area contributed by atoms with Crippen LogP contribution < -0.4 is 5.73 Å². The number of aromatic nitrogens is 5. The highest BCUT2D eigenvalue weighted by Gasteiger charge is 2.17. The summed E-state index contributed by atoms with van der Waals surface area (Å²) in [5.74, 6) is 2.74. The number of aryl methyl sites for hydroxylation is 2. The minimum absolute atomic E-state index is 0.547. The van der Waals surface area contributed by atoms with Crippen LogP contribution in [0.1, 0.15) is 27.0 Å². The second-order valence-electron chi connectivity index (χ2n) is 7.10. The Morgan fingerprint density at radius 3 is 2.65 bits per heavy atom. The Morgan fingerprint density at radius 2 is 1.87 bits per heavy atom. The summed E-state index contributed by atoms with van der Waals surface area (Å²) in [5.41, 5.74) is 8.46. The van der Waals surface area contributed by atoms with E-state index in [-0.39, 0.29) is 0 Å². The molecule has 0 fully saturated rings. The van der Waals surface area contributed by atoms with E-state index < -0.39 is 0 Å². The second-order valence-corrected chi connectivity index (χ2v) is 10.3. The Hall–Kier alpha value is -2.75. The Morgan fingerprint density at radius 1 is 1.03 bits per heavy atom. The molecule has 0 aliphatic carbocycles. The summed E-state index contributed by atoms with van der Waals surface area (Å²) >= 11 is 4.96. The van der Waals surface area contributed by atoms with Crippen LogP contribution in [-0.4, -0.2) is 24.7 Å². The minimum Gasteiger partial charge on any atom is -0.383 e. The smallest absolute Gasteiger partial charge is 0.196 e. The quantitative estimate of drug-likeness (QED) is 0.338. The lowest BCUT2D eigenvalue weighted by Gasteiger charge is -2.10. The number of fused-ring (bicyclic) bond motifs is 1. The van der Waals surface area contributed by atoms with Gasteiger partial charge in [0.25, 0.3) is 0 Å². The van der Waals surface area contributed by atoms with Crippen molar-refractivity contribution in [3.8, 4) is 5.69 Å². The van der Waals surface area contributed by atoms with Gasteiger partial charge in [0.05, 0.1) is 11.1 Å². The van der Waals surface area contributed by atoms with Gasteiger partial charge in [0.2, 0.25) is 0 Å². The molecule has 5 rings (SSSR count). The predicted molar refractivity (Wildman–Crippen MR) is 129 cm³/mol. The molecule has 6 nitrogen and oxygen atoms in total. The van der Waals surface area contributed by atoms with Crippen LogP contribution in [0.25, 0.3) is 15.9 Å². The van der Waals surface area contributed by atoms with Gasteiger partial charge in [-0.15, -0.1) is 32.9 Å². The maximum absolute atomic E-state index is 6.26. The lowest BCUT2D eigenvalue weighted by Crippen LogP contribution is -2.04. The average Bonchev–Trinajstić information content (AvgIpc) is 3.48. The van der Waals surface area contributed by atoms with Crippen LogP contribution in [0, 0.1) is 13.8 Å². The third kappa shape index (κ3) is 3.96. The molecule has 0 radical (unpaired) electrons. The molecule has 0 atom stereocenters. The van der Waals surface area contributed by atoms with Crippen LogP contribution in [0.3, 0.4) is 0 Å². The van der Waals surface area contributed by atoms with E-state index in [4.69, 9.17) is 10.7 Å². The number of thioether (sulfide) groups is 1. The van der Waals surface area contributed by atoms with Crippen molar-refractivity contribution in [3.63, 3.8) is 0 Å². The highest BCUT2D eigenvalue weighted by molar-refractivity contribution is 7.98. The molecule has 0 unspecified atom stereocenters. The van der Waals surface area contributed by atoms with Crippen molar-refractivity contribution < 1.29 is 0 Å². The molecule has 0 bridgehead atoms. The fourth-order valence-corrected chi connectivity index (χ4v) is 6.02. The molecule has 156 valence electrons. The number of para-hydroxylation sites is 1. The Labute approximate surface area is 192 Å². The summed E-state index contributed by atoms with van der Waals surface area (Å²) in [5, 5.41) is 12.9. The number of nitrogens with zero attached hydrogens (tertiary/aromatic N) is 5. The third-order valence-corrected chi connectivity index (χ3v) is 7.96. The molecular formula is C22H20N6S3. The van der Waals surface area contributed by atoms with Crippen LogP contribution in [-0.2, 0) is 12.2 Å². The first kappa shape index (κ1) is 20.2. The van der Waals surface area contributed by atoms with Crippen molar-refractivity contribution in [1.82, 2.24) is 24.7 Å². The van der Waals surface area contributed by atoms with Crippen molar-refractivity contribution >= 4 is 50.5 Å². The van der Waals surface area contributed by atoms with Crippen LogP contribution in [0.4, 0.5) is 5.82 Å². The first-order valence-electron chi connectivity index (χ1n) is 9.77. The summed E-state index contributed by atoms with van der Waals surface area (Å²) in [6.07, 6.45) is 0.739. The van der Waals surface area contributed by atoms with Crippen molar-refractivity contribution in [2.45, 2.75) is 31.2 Å². The molecule has 0 aliphatic heterocycles. The van der Waals surface area contributed by atoms with Gasteiger partial charge in [-0.25, -0.2) is 9.97 Å². The van der Waals surface area contributed by atoms with Crippen molar-refractivity contribution in [3.05, 3.63) is 74.8 Å². The molecule has 31 heavy (non-hydrogen) atoms. The first-order valence-corrected chi connectivity index (χ1v) is 12.5. The van der Waals surface area contributed by atoms with Gasteiger partial charge >= 0.3 is 0 Å². The molecule has 0 amide bonds. The number of nitrogen functional groups attached to an aromatic ring is 1. The van der Waals surface area contributed by atoms with Gasteiger partial charge in [0, 0.05) is 21.9 Å². The van der Waals surface area contributed by atoms with Crippen molar-refractivity contribution in [1.29, 1.82) is 0 Å². The number of nitrogens with two attached hydrogens (primary N) is 1. The van der Waals surface area contributed by atoms with E-state index in [1.54, 1.807) is 34.4 Å². The highest BCUT2D eigenvalue weighted by Crippen LogP contribution is 2.33. The van der Waals surface area contributed by atoms with Gasteiger partial charge in [-0.1, -0.05) is 36.0 Å². The van der Waals surface area contributed by atoms with E-state index in [9.17, 15) is 0 Å². The van der Waals surface area contributed by atoms with Crippen LogP contribution >= 0.6 is 34.4 Å². The molecule has 1 aromatic carbocycles. The maximum Gasteiger partial charge on any atom is 0.196 e. The largest absolute Gasteiger partial charge is 0.383 e. The SMILES string of the molecule is Cc1sc2nc(CSc3nnc(Cc4cccs4)n3-c3ccccc3)nc(N)c2c1C. The zero-order valence-electron chi connectivity index (χ0n) is 17.1. The van der Waals surface area contributed by atoms with E-state index in [0.29, 0.717) is 17.4 Å². The number of anilines is 1. The van der Waals surface area contributed by atoms with Gasteiger partial charge in [0.1, 0.15) is 22.3 Å². The monoisotopic (exact) mass is 464 g/mol. The zero-order valence-corrected chi connectivity index (χ0v) is 19.5. The Kier molecular flexibility index (Phi) is 5.47. The number of rotatable bonds is 6. The van der Waals surface area contributed by atoms with Gasteiger partial charge in [-0.3, -0.25) is 4.57 Å². The lowest BCUT2D eigenvalue weighted by molar-refractivity contribution is 0.850. The number of hydrogen-bond acceptors (Lipinski definition) is 8. The Balaban J connectivity index is 1.47. The van der Waals surface area contributed by atoms with E-state index >= 15 is 0 Å². The molecule has 0 spiro atoms. The fraction of sp³-hybridized carbons (Fsp3) is 0.182. The van der Waals surface area contributed by atoms with Crippen LogP contribution in [0.5, 0.6) is 0 Å². The Bertz CT molecular complexity index is 1340. The van der Waals surface area contributed by atoms with Crippen LogP contribution in [0.2, 0.25) is 0 Å². The summed E-state index contributed by atoms with van der Waals surface area (Å²) < 4.78 is 2.12. The zero-order chi connectivity index (χ0) is 21.4. The standard InChI is InChI=1S/C22H20N6S3/c1-13-14(2)31-21-19(13)20(23)24-17(25-21)12-30-22-27-26-18(11-16-9-6-10-29-16)28(22)15-7-4-3-5-8-15/h3-10H,11-12H2,1-2H3,(H2,23,24,25). The summed E-state index contributed by atoms with van der Waals surface area (Å²) in [7, 11) is 0. The predicted octanol–water partition coefficient (Wildman–Crippen LogP) is 5.42. The molecule has 2 N–H and O–H groups in total. The molecule has 5 aromatic rings.